The summed E-state index contributed by atoms with van der Waals surface area (Å²) in [5.41, 5.74) is -2.22. The largest absolute Gasteiger partial charge is 0.486 e. The summed E-state index contributed by atoms with van der Waals surface area (Å²) < 4.78 is 87.7. The molecule has 4 atom stereocenters. The molecule has 2 aromatic carbocycles. The van der Waals surface area contributed by atoms with Gasteiger partial charge in [-0.1, -0.05) is 12.1 Å². The monoisotopic (exact) mass is 545 g/mol. The molecule has 1 spiro atoms. The number of aryl methyl sites for hydroxylation is 1. The summed E-state index contributed by atoms with van der Waals surface area (Å²) in [7, 11) is 0. The van der Waals surface area contributed by atoms with Crippen molar-refractivity contribution in [3.63, 3.8) is 0 Å². The molecule has 0 aliphatic carbocycles. The van der Waals surface area contributed by atoms with Gasteiger partial charge in [0.2, 0.25) is 0 Å². The zero-order chi connectivity index (χ0) is 28.0. The van der Waals surface area contributed by atoms with Gasteiger partial charge in [0.1, 0.15) is 11.4 Å². The standard InChI is InChI=1S/C27H29F6NO4/c1-15(24(36)37)23(35)18-5-4-17-8-10-25(38-22(17)12-18)9-3-11-34(14-25)16(2)20-13-19(26(28,29)30)6-7-21(20)27(31,32)33/h4-7,12-13,15-16,23,35H,3,8-11,14H2,1-2H3,(H,36,37)/t15?,16-,23-,25?/m1/s1. The molecule has 2 aromatic rings. The van der Waals surface area contributed by atoms with Crippen molar-refractivity contribution in [3.8, 4) is 5.75 Å². The number of carboxylic acids is 1. The first-order chi connectivity index (χ1) is 17.6. The molecule has 0 bridgehead atoms. The van der Waals surface area contributed by atoms with Crippen molar-refractivity contribution >= 4 is 5.97 Å². The molecular weight excluding hydrogens is 516 g/mol. The second-order valence-electron chi connectivity index (χ2n) is 10.3. The van der Waals surface area contributed by atoms with E-state index in [1.807, 2.05) is 0 Å². The molecule has 11 heteroatoms. The van der Waals surface area contributed by atoms with Gasteiger partial charge in [0.05, 0.1) is 23.1 Å². The van der Waals surface area contributed by atoms with Crippen LogP contribution in [0.25, 0.3) is 0 Å². The maximum Gasteiger partial charge on any atom is 0.416 e. The van der Waals surface area contributed by atoms with Crippen molar-refractivity contribution in [2.75, 3.05) is 13.1 Å². The Balaban J connectivity index is 1.61. The van der Waals surface area contributed by atoms with E-state index in [1.165, 1.54) is 13.8 Å². The zero-order valence-corrected chi connectivity index (χ0v) is 20.9. The van der Waals surface area contributed by atoms with Gasteiger partial charge in [0.15, 0.2) is 0 Å². The number of alkyl halides is 6. The molecule has 0 amide bonds. The number of halogens is 6. The van der Waals surface area contributed by atoms with Gasteiger partial charge in [-0.25, -0.2) is 0 Å². The highest BCUT2D eigenvalue weighted by Gasteiger charge is 2.44. The number of ether oxygens (including phenoxy) is 1. The van der Waals surface area contributed by atoms with Crippen LogP contribution in [0, 0.1) is 5.92 Å². The molecule has 1 fully saturated rings. The summed E-state index contributed by atoms with van der Waals surface area (Å²) in [6, 6.07) is 5.57. The Morgan fingerprint density at radius 1 is 1.03 bits per heavy atom. The van der Waals surface area contributed by atoms with Gasteiger partial charge < -0.3 is 14.9 Å². The zero-order valence-electron chi connectivity index (χ0n) is 20.9. The second kappa shape index (κ2) is 10.1. The van der Waals surface area contributed by atoms with Gasteiger partial charge in [-0.05, 0) is 87.0 Å². The Kier molecular flexibility index (Phi) is 7.48. The van der Waals surface area contributed by atoms with Gasteiger partial charge in [0.25, 0.3) is 0 Å². The lowest BCUT2D eigenvalue weighted by Crippen LogP contribution is -2.54. The predicted molar refractivity (Wildman–Crippen MR) is 126 cm³/mol. The third-order valence-electron chi connectivity index (χ3n) is 7.72. The molecule has 5 nitrogen and oxygen atoms in total. The first-order valence-electron chi connectivity index (χ1n) is 12.4. The summed E-state index contributed by atoms with van der Waals surface area (Å²) in [5, 5.41) is 19.7. The molecule has 2 unspecified atom stereocenters. The Bertz CT molecular complexity index is 1200. The minimum absolute atomic E-state index is 0.208. The van der Waals surface area contributed by atoms with Crippen molar-refractivity contribution in [1.29, 1.82) is 0 Å². The van der Waals surface area contributed by atoms with Crippen molar-refractivity contribution in [3.05, 3.63) is 64.2 Å². The lowest BCUT2D eigenvalue weighted by molar-refractivity contribution is -0.145. The minimum Gasteiger partial charge on any atom is -0.486 e. The molecule has 4 rings (SSSR count). The average molecular weight is 546 g/mol. The first kappa shape index (κ1) is 28.2. The number of aliphatic carboxylic acids is 1. The number of carboxylic acid groups (broad SMARTS) is 1. The van der Waals surface area contributed by atoms with Crippen molar-refractivity contribution in [2.24, 2.45) is 5.92 Å². The van der Waals surface area contributed by atoms with Gasteiger partial charge in [-0.2, -0.15) is 26.3 Å². The molecule has 2 aliphatic heterocycles. The van der Waals surface area contributed by atoms with Crippen LogP contribution in [0.5, 0.6) is 5.75 Å². The van der Waals surface area contributed by atoms with Crippen LogP contribution in [0.15, 0.2) is 36.4 Å². The molecular formula is C27H29F6NO4. The maximum atomic E-state index is 13.7. The Morgan fingerprint density at radius 3 is 2.37 bits per heavy atom. The van der Waals surface area contributed by atoms with Crippen LogP contribution in [-0.4, -0.2) is 39.8 Å². The van der Waals surface area contributed by atoms with E-state index in [1.54, 1.807) is 23.1 Å². The first-order valence-corrected chi connectivity index (χ1v) is 12.4. The molecule has 208 valence electrons. The van der Waals surface area contributed by atoms with Crippen molar-refractivity contribution in [2.45, 2.75) is 69.6 Å². The number of piperidine rings is 1. The maximum absolute atomic E-state index is 13.7. The van der Waals surface area contributed by atoms with Gasteiger partial charge >= 0.3 is 18.3 Å². The third-order valence-corrected chi connectivity index (χ3v) is 7.72. The van der Waals surface area contributed by atoms with Crippen molar-refractivity contribution < 1.29 is 46.1 Å². The number of nitrogens with zero attached hydrogens (tertiary/aromatic N) is 1. The van der Waals surface area contributed by atoms with Gasteiger partial charge in [-0.3, -0.25) is 9.69 Å². The molecule has 0 radical (unpaired) electrons. The lowest BCUT2D eigenvalue weighted by Gasteiger charge is -2.47. The number of likely N-dealkylation sites (tertiary alicyclic amines) is 1. The summed E-state index contributed by atoms with van der Waals surface area (Å²) in [5.74, 6) is -1.74. The van der Waals surface area contributed by atoms with Gasteiger partial charge in [-0.15, -0.1) is 0 Å². The number of aliphatic hydroxyl groups excluding tert-OH is 1. The van der Waals surface area contributed by atoms with Gasteiger partial charge in [0, 0.05) is 12.6 Å². The van der Waals surface area contributed by atoms with Crippen LogP contribution in [-0.2, 0) is 23.6 Å². The summed E-state index contributed by atoms with van der Waals surface area (Å²) >= 11 is 0. The number of hydrogen-bond acceptors (Lipinski definition) is 4. The van der Waals surface area contributed by atoms with Crippen LogP contribution in [0.2, 0.25) is 0 Å². The fourth-order valence-corrected chi connectivity index (χ4v) is 5.42. The summed E-state index contributed by atoms with van der Waals surface area (Å²) in [4.78, 5) is 13.0. The van der Waals surface area contributed by atoms with Crippen molar-refractivity contribution in [1.82, 2.24) is 4.90 Å². The number of rotatable bonds is 5. The fourth-order valence-electron chi connectivity index (χ4n) is 5.42. The van der Waals surface area contributed by atoms with E-state index in [-0.39, 0.29) is 6.54 Å². The average Bonchev–Trinajstić information content (AvgIpc) is 2.85. The fraction of sp³-hybridized carbons (Fsp3) is 0.519. The molecule has 2 heterocycles. The quantitative estimate of drug-likeness (QED) is 0.426. The number of benzene rings is 2. The van der Waals surface area contributed by atoms with Crippen LogP contribution < -0.4 is 4.74 Å². The van der Waals surface area contributed by atoms with Crippen LogP contribution in [0.4, 0.5) is 26.3 Å². The lowest BCUT2D eigenvalue weighted by atomic mass is 9.82. The third kappa shape index (κ3) is 5.63. The Labute approximate surface area is 216 Å². The highest BCUT2D eigenvalue weighted by Crippen LogP contribution is 2.44. The summed E-state index contributed by atoms with van der Waals surface area (Å²) in [6.45, 7) is 3.46. The molecule has 1 saturated heterocycles. The summed E-state index contributed by atoms with van der Waals surface area (Å²) in [6.07, 6.45) is -8.53. The molecule has 2 aliphatic rings. The Morgan fingerprint density at radius 2 is 1.74 bits per heavy atom. The molecule has 2 N–H and O–H groups in total. The highest BCUT2D eigenvalue weighted by atomic mass is 19.4. The molecule has 38 heavy (non-hydrogen) atoms. The smallest absolute Gasteiger partial charge is 0.416 e. The number of aliphatic hydroxyl groups is 1. The normalized spacial score (nSPS) is 22.9. The van der Waals surface area contributed by atoms with E-state index in [0.717, 1.165) is 5.56 Å². The molecule has 0 aromatic heterocycles. The van der Waals surface area contributed by atoms with Crippen LogP contribution in [0.3, 0.4) is 0 Å². The Hall–Kier alpha value is -2.79. The van der Waals surface area contributed by atoms with E-state index in [4.69, 9.17) is 4.74 Å². The van der Waals surface area contributed by atoms with E-state index in [9.17, 15) is 41.4 Å². The second-order valence-corrected chi connectivity index (χ2v) is 10.3. The highest BCUT2D eigenvalue weighted by molar-refractivity contribution is 5.70. The van der Waals surface area contributed by atoms with E-state index >= 15 is 0 Å². The van der Waals surface area contributed by atoms with Crippen LogP contribution in [0.1, 0.15) is 73.1 Å². The van der Waals surface area contributed by atoms with Crippen LogP contribution >= 0.6 is 0 Å². The number of fused-ring (bicyclic) bond motifs is 1. The molecule has 0 saturated carbocycles. The SMILES string of the molecule is CC(C(=O)O)[C@@H](O)c1ccc2c(c1)OC1(CCCN([C@H](C)c3cc(C(F)(F)F)ccc3C(F)(F)F)C1)CC2. The predicted octanol–water partition coefficient (Wildman–Crippen LogP) is 6.40. The van der Waals surface area contributed by atoms with E-state index in [0.29, 0.717) is 61.7 Å². The topological polar surface area (TPSA) is 70.0 Å². The van der Waals surface area contributed by atoms with E-state index in [2.05, 4.69) is 0 Å². The minimum atomic E-state index is -4.81. The number of carbonyl (C=O) groups is 1. The number of hydrogen-bond donors (Lipinski definition) is 2. The van der Waals surface area contributed by atoms with E-state index < -0.39 is 58.7 Å².